The van der Waals surface area contributed by atoms with Crippen molar-refractivity contribution in [2.24, 2.45) is 7.05 Å². The summed E-state index contributed by atoms with van der Waals surface area (Å²) >= 11 is 1.63. The molecule has 2 rings (SSSR count). The summed E-state index contributed by atoms with van der Waals surface area (Å²) in [5, 5.41) is 4.28. The van der Waals surface area contributed by atoms with E-state index in [0.717, 1.165) is 27.6 Å². The molecule has 0 N–H and O–H groups in total. The molecule has 5 heteroatoms. The van der Waals surface area contributed by atoms with Gasteiger partial charge in [0, 0.05) is 17.6 Å². The van der Waals surface area contributed by atoms with Crippen LogP contribution in [-0.2, 0) is 7.05 Å². The molecule has 2 aromatic rings. The molecule has 0 aliphatic rings. The highest BCUT2D eigenvalue weighted by atomic mass is 32.2. The summed E-state index contributed by atoms with van der Waals surface area (Å²) in [4.78, 5) is 13.4. The van der Waals surface area contributed by atoms with Gasteiger partial charge >= 0.3 is 0 Å². The molecule has 4 nitrogen and oxygen atoms in total. The van der Waals surface area contributed by atoms with Crippen molar-refractivity contribution in [3.63, 3.8) is 0 Å². The lowest BCUT2D eigenvalue weighted by Crippen LogP contribution is -1.99. The topological polar surface area (TPSA) is 44.1 Å². The normalized spacial score (nSPS) is 11.1. The Bertz CT molecular complexity index is 733. The van der Waals surface area contributed by atoms with Gasteiger partial charge in [0.05, 0.1) is 18.4 Å². The van der Waals surface area contributed by atoms with Crippen LogP contribution in [0.15, 0.2) is 29.2 Å². The fourth-order valence-electron chi connectivity index (χ4n) is 2.34. The molecule has 0 unspecified atom stereocenters. The first-order chi connectivity index (χ1) is 10.5. The predicted octanol–water partition coefficient (Wildman–Crippen LogP) is 3.66. The number of benzene rings is 1. The average molecular weight is 316 g/mol. The minimum Gasteiger partial charge on any atom is -0.496 e. The molecule has 0 bridgehead atoms. The first kappa shape index (κ1) is 16.4. The van der Waals surface area contributed by atoms with E-state index >= 15 is 0 Å². The van der Waals surface area contributed by atoms with E-state index in [4.69, 9.17) is 4.74 Å². The summed E-state index contributed by atoms with van der Waals surface area (Å²) in [5.41, 5.74) is 3.24. The number of allylic oxidation sites excluding steroid dienone is 1. The van der Waals surface area contributed by atoms with Crippen molar-refractivity contribution in [3.8, 4) is 5.75 Å². The zero-order chi connectivity index (χ0) is 16.3. The summed E-state index contributed by atoms with van der Waals surface area (Å²) < 4.78 is 7.09. The number of methoxy groups -OCH3 is 1. The van der Waals surface area contributed by atoms with Gasteiger partial charge in [0.2, 0.25) is 0 Å². The third-order valence-electron chi connectivity index (χ3n) is 3.59. The molecule has 116 valence electrons. The summed E-state index contributed by atoms with van der Waals surface area (Å²) in [6, 6.07) is 5.90. The van der Waals surface area contributed by atoms with Gasteiger partial charge in [-0.15, -0.1) is 11.8 Å². The lowest BCUT2D eigenvalue weighted by atomic mass is 10.1. The number of nitrogens with zero attached hydrogens (tertiary/aromatic N) is 2. The van der Waals surface area contributed by atoms with Crippen molar-refractivity contribution in [2.75, 3.05) is 13.4 Å². The number of rotatable bonds is 5. The van der Waals surface area contributed by atoms with Crippen LogP contribution in [0.2, 0.25) is 0 Å². The van der Waals surface area contributed by atoms with Crippen molar-refractivity contribution < 1.29 is 9.53 Å². The van der Waals surface area contributed by atoms with E-state index in [0.29, 0.717) is 5.56 Å². The van der Waals surface area contributed by atoms with Crippen molar-refractivity contribution in [1.29, 1.82) is 0 Å². The van der Waals surface area contributed by atoms with Crippen molar-refractivity contribution in [1.82, 2.24) is 9.78 Å². The van der Waals surface area contributed by atoms with Gasteiger partial charge in [0.25, 0.3) is 0 Å². The molecule has 0 aliphatic heterocycles. The third-order valence-corrected chi connectivity index (χ3v) is 4.37. The molecule has 0 saturated carbocycles. The van der Waals surface area contributed by atoms with Crippen LogP contribution in [0, 0.1) is 13.8 Å². The number of hydrogen-bond acceptors (Lipinski definition) is 4. The van der Waals surface area contributed by atoms with E-state index in [1.165, 1.54) is 0 Å². The van der Waals surface area contributed by atoms with E-state index in [9.17, 15) is 4.79 Å². The van der Waals surface area contributed by atoms with Gasteiger partial charge in [0.1, 0.15) is 5.75 Å². The Labute approximate surface area is 135 Å². The van der Waals surface area contributed by atoms with Crippen LogP contribution in [0.25, 0.3) is 6.08 Å². The second kappa shape index (κ2) is 6.83. The third kappa shape index (κ3) is 3.25. The monoisotopic (exact) mass is 316 g/mol. The Morgan fingerprint density at radius 2 is 2.09 bits per heavy atom. The Hall–Kier alpha value is -2.01. The number of ether oxygens (including phenoxy) is 1. The Morgan fingerprint density at radius 3 is 2.64 bits per heavy atom. The van der Waals surface area contributed by atoms with Crippen LogP contribution >= 0.6 is 11.8 Å². The smallest absolute Gasteiger partial charge is 0.189 e. The minimum absolute atomic E-state index is 0.0315. The molecule has 1 aromatic carbocycles. The second-order valence-electron chi connectivity index (χ2n) is 4.98. The van der Waals surface area contributed by atoms with Gasteiger partial charge in [-0.1, -0.05) is 12.1 Å². The molecule has 0 atom stereocenters. The van der Waals surface area contributed by atoms with Gasteiger partial charge in [-0.25, -0.2) is 0 Å². The second-order valence-corrected chi connectivity index (χ2v) is 5.83. The van der Waals surface area contributed by atoms with Gasteiger partial charge in [-0.3, -0.25) is 9.48 Å². The van der Waals surface area contributed by atoms with Crippen LogP contribution < -0.4 is 4.74 Å². The predicted molar refractivity (Wildman–Crippen MR) is 90.8 cm³/mol. The minimum atomic E-state index is -0.0315. The molecule has 0 spiro atoms. The SMILES string of the molecule is COc1cc(/C=C/C(=O)c2c(C)nn(C)c2C)ccc1SC. The van der Waals surface area contributed by atoms with Crippen LogP contribution in [0.3, 0.4) is 0 Å². The Balaban J connectivity index is 2.26. The van der Waals surface area contributed by atoms with Gasteiger partial charge in [0.15, 0.2) is 5.78 Å². The fourth-order valence-corrected chi connectivity index (χ4v) is 2.89. The number of carbonyl (C=O) groups excluding carboxylic acids is 1. The van der Waals surface area contributed by atoms with Crippen LogP contribution in [0.1, 0.15) is 27.3 Å². The molecule has 1 aromatic heterocycles. The fraction of sp³-hybridized carbons (Fsp3) is 0.294. The van der Waals surface area contributed by atoms with Gasteiger partial charge in [-0.2, -0.15) is 5.10 Å². The van der Waals surface area contributed by atoms with Gasteiger partial charge in [-0.05, 0) is 43.9 Å². The molecule has 0 aliphatic carbocycles. The van der Waals surface area contributed by atoms with Crippen LogP contribution in [-0.4, -0.2) is 28.9 Å². The number of hydrogen-bond donors (Lipinski definition) is 0. The van der Waals surface area contributed by atoms with Crippen LogP contribution in [0.5, 0.6) is 5.75 Å². The maximum absolute atomic E-state index is 12.4. The number of thioether (sulfide) groups is 1. The number of carbonyl (C=O) groups is 1. The summed E-state index contributed by atoms with van der Waals surface area (Å²) in [7, 11) is 3.49. The molecule has 22 heavy (non-hydrogen) atoms. The first-order valence-electron chi connectivity index (χ1n) is 6.92. The number of aryl methyl sites for hydroxylation is 2. The number of ketones is 1. The Kier molecular flexibility index (Phi) is 5.08. The summed E-state index contributed by atoms with van der Waals surface area (Å²) in [6.45, 7) is 3.75. The van der Waals surface area contributed by atoms with E-state index in [-0.39, 0.29) is 5.78 Å². The zero-order valence-electron chi connectivity index (χ0n) is 13.5. The maximum Gasteiger partial charge on any atom is 0.189 e. The lowest BCUT2D eigenvalue weighted by molar-refractivity contribution is 0.104. The highest BCUT2D eigenvalue weighted by molar-refractivity contribution is 7.98. The molecule has 1 heterocycles. The highest BCUT2D eigenvalue weighted by Gasteiger charge is 2.14. The van der Waals surface area contributed by atoms with Crippen LogP contribution in [0.4, 0.5) is 0 Å². The standard InChI is InChI=1S/C17H20N2O2S/c1-11-17(12(2)19(3)18-11)14(20)8-6-13-7-9-16(22-5)15(10-13)21-4/h6-10H,1-5H3/b8-6+. The lowest BCUT2D eigenvalue weighted by Gasteiger charge is -2.06. The van der Waals surface area contributed by atoms with Crippen molar-refractivity contribution >= 4 is 23.6 Å². The molecule has 0 saturated heterocycles. The van der Waals surface area contributed by atoms with Crippen molar-refractivity contribution in [3.05, 3.63) is 46.8 Å². The quantitative estimate of drug-likeness (QED) is 0.480. The first-order valence-corrected chi connectivity index (χ1v) is 8.15. The molecule has 0 amide bonds. The van der Waals surface area contributed by atoms with E-state index in [2.05, 4.69) is 5.10 Å². The summed E-state index contributed by atoms with van der Waals surface area (Å²) in [5.74, 6) is 0.784. The highest BCUT2D eigenvalue weighted by Crippen LogP contribution is 2.28. The van der Waals surface area contributed by atoms with Crippen molar-refractivity contribution in [2.45, 2.75) is 18.7 Å². The molecule has 0 radical (unpaired) electrons. The zero-order valence-corrected chi connectivity index (χ0v) is 14.3. The average Bonchev–Trinajstić information content (AvgIpc) is 2.77. The molecule has 0 fully saturated rings. The maximum atomic E-state index is 12.4. The van der Waals surface area contributed by atoms with E-state index in [1.807, 2.05) is 45.4 Å². The largest absolute Gasteiger partial charge is 0.496 e. The van der Waals surface area contributed by atoms with E-state index in [1.54, 1.807) is 35.7 Å². The Morgan fingerprint density at radius 1 is 1.36 bits per heavy atom. The molecular weight excluding hydrogens is 296 g/mol. The number of aromatic nitrogens is 2. The van der Waals surface area contributed by atoms with E-state index < -0.39 is 0 Å². The molecular formula is C17H20N2O2S. The van der Waals surface area contributed by atoms with Gasteiger partial charge < -0.3 is 4.74 Å². The summed E-state index contributed by atoms with van der Waals surface area (Å²) in [6.07, 6.45) is 5.40.